The van der Waals surface area contributed by atoms with Gasteiger partial charge in [0.15, 0.2) is 0 Å². The van der Waals surface area contributed by atoms with Gasteiger partial charge in [0.25, 0.3) is 0 Å². The van der Waals surface area contributed by atoms with E-state index >= 15 is 0 Å². The van der Waals surface area contributed by atoms with Crippen LogP contribution in [0.2, 0.25) is 0 Å². The molecule has 0 aliphatic heterocycles. The first kappa shape index (κ1) is 17.3. The standard InChI is InChI=1S/C22H31NO2/c1-20(25)9-10-21(2)15(12-20)4-6-16-17-7-5-14(8-11-23)22(17,3)13-18(24)19(16)21/h8,15-17,19,25H,4-7,9-10,12-13H2,1-3H3/b14-8-/t15?,16?,17-,19+,20+,21?,22?/m0/s1. The van der Waals surface area contributed by atoms with E-state index in [1.54, 1.807) is 6.08 Å². The Morgan fingerprint density at radius 3 is 2.68 bits per heavy atom. The summed E-state index contributed by atoms with van der Waals surface area (Å²) in [4.78, 5) is 13.4. The number of rotatable bonds is 0. The SMILES string of the molecule is CC12CC(=O)[C@H]3C(CCC4C[C@](C)(O)CCC43C)[C@@H]1CC/C2=C/C#N. The lowest BCUT2D eigenvalue weighted by Crippen LogP contribution is -2.58. The van der Waals surface area contributed by atoms with E-state index in [2.05, 4.69) is 19.9 Å². The second-order valence-electron chi connectivity index (χ2n) is 10.1. The second kappa shape index (κ2) is 5.43. The highest BCUT2D eigenvalue weighted by molar-refractivity contribution is 5.85. The van der Waals surface area contributed by atoms with Crippen LogP contribution in [-0.4, -0.2) is 16.5 Å². The maximum Gasteiger partial charge on any atom is 0.137 e. The van der Waals surface area contributed by atoms with Gasteiger partial charge in [-0.15, -0.1) is 0 Å². The molecule has 4 fully saturated rings. The molecule has 0 aromatic rings. The van der Waals surface area contributed by atoms with Crippen LogP contribution in [0.4, 0.5) is 0 Å². The van der Waals surface area contributed by atoms with Gasteiger partial charge in [-0.1, -0.05) is 19.4 Å². The first-order valence-corrected chi connectivity index (χ1v) is 10.1. The Morgan fingerprint density at radius 2 is 1.96 bits per heavy atom. The smallest absolute Gasteiger partial charge is 0.137 e. The average Bonchev–Trinajstić information content (AvgIpc) is 2.84. The molecule has 4 unspecified atom stereocenters. The molecule has 4 aliphatic carbocycles. The monoisotopic (exact) mass is 341 g/mol. The molecule has 4 rings (SSSR count). The van der Waals surface area contributed by atoms with Gasteiger partial charge in [0.05, 0.1) is 11.7 Å². The Hall–Kier alpha value is -1.14. The Morgan fingerprint density at radius 1 is 1.20 bits per heavy atom. The van der Waals surface area contributed by atoms with Gasteiger partial charge in [-0.2, -0.15) is 5.26 Å². The van der Waals surface area contributed by atoms with Crippen molar-refractivity contribution in [2.45, 2.75) is 77.7 Å². The number of hydrogen-bond donors (Lipinski definition) is 1. The molecule has 0 bridgehead atoms. The fraction of sp³-hybridized carbons (Fsp3) is 0.818. The van der Waals surface area contributed by atoms with Crippen molar-refractivity contribution in [3.63, 3.8) is 0 Å². The van der Waals surface area contributed by atoms with Crippen molar-refractivity contribution in [1.82, 2.24) is 0 Å². The minimum Gasteiger partial charge on any atom is -0.390 e. The third kappa shape index (κ3) is 2.36. The van der Waals surface area contributed by atoms with E-state index in [1.807, 2.05) is 6.92 Å². The summed E-state index contributed by atoms with van der Waals surface area (Å²) in [5, 5.41) is 19.7. The molecule has 136 valence electrons. The summed E-state index contributed by atoms with van der Waals surface area (Å²) in [5.41, 5.74) is 0.632. The van der Waals surface area contributed by atoms with Crippen molar-refractivity contribution in [3.05, 3.63) is 11.6 Å². The average molecular weight is 341 g/mol. The molecule has 0 aromatic carbocycles. The minimum atomic E-state index is -0.556. The largest absolute Gasteiger partial charge is 0.390 e. The van der Waals surface area contributed by atoms with E-state index in [-0.39, 0.29) is 16.7 Å². The van der Waals surface area contributed by atoms with Gasteiger partial charge in [0, 0.05) is 18.4 Å². The molecule has 1 N–H and O–H groups in total. The first-order chi connectivity index (χ1) is 11.7. The summed E-state index contributed by atoms with van der Waals surface area (Å²) in [7, 11) is 0. The van der Waals surface area contributed by atoms with Crippen LogP contribution in [0, 0.1) is 45.8 Å². The summed E-state index contributed by atoms with van der Waals surface area (Å²) in [6, 6.07) is 2.22. The van der Waals surface area contributed by atoms with Crippen LogP contribution in [0.1, 0.15) is 72.1 Å². The van der Waals surface area contributed by atoms with Crippen LogP contribution in [0.3, 0.4) is 0 Å². The lowest BCUT2D eigenvalue weighted by Gasteiger charge is -2.60. The third-order valence-corrected chi connectivity index (χ3v) is 8.73. The molecule has 0 amide bonds. The predicted molar refractivity (Wildman–Crippen MR) is 96.4 cm³/mol. The highest BCUT2D eigenvalue weighted by Gasteiger charge is 2.62. The zero-order chi connectivity index (χ0) is 18.0. The van der Waals surface area contributed by atoms with Crippen molar-refractivity contribution in [2.24, 2.45) is 34.5 Å². The molecule has 4 aliphatic rings. The molecule has 25 heavy (non-hydrogen) atoms. The highest BCUT2D eigenvalue weighted by atomic mass is 16.3. The number of nitrogens with zero attached hydrogens (tertiary/aromatic N) is 1. The first-order valence-electron chi connectivity index (χ1n) is 10.1. The third-order valence-electron chi connectivity index (χ3n) is 8.73. The number of allylic oxidation sites excluding steroid dienone is 2. The molecule has 3 nitrogen and oxygen atoms in total. The summed E-state index contributed by atoms with van der Waals surface area (Å²) in [5.74, 6) is 2.10. The number of ketones is 1. The molecule has 3 heteroatoms. The van der Waals surface area contributed by atoms with E-state index in [0.717, 1.165) is 44.9 Å². The van der Waals surface area contributed by atoms with Crippen molar-refractivity contribution >= 4 is 5.78 Å². The number of carbonyl (C=O) groups excluding carboxylic acids is 1. The van der Waals surface area contributed by atoms with E-state index in [0.29, 0.717) is 30.0 Å². The summed E-state index contributed by atoms with van der Waals surface area (Å²) < 4.78 is 0. The molecule has 7 atom stereocenters. The Bertz CT molecular complexity index is 672. The quantitative estimate of drug-likeness (QED) is 0.664. The lowest BCUT2D eigenvalue weighted by atomic mass is 9.44. The normalized spacial score (nSPS) is 53.7. The zero-order valence-electron chi connectivity index (χ0n) is 15.8. The molecular weight excluding hydrogens is 310 g/mol. The van der Waals surface area contributed by atoms with Crippen LogP contribution in [0.15, 0.2) is 11.6 Å². The fourth-order valence-electron chi connectivity index (χ4n) is 7.41. The van der Waals surface area contributed by atoms with Crippen LogP contribution in [0.25, 0.3) is 0 Å². The fourth-order valence-corrected chi connectivity index (χ4v) is 7.41. The summed E-state index contributed by atoms with van der Waals surface area (Å²) in [6.07, 6.45) is 9.36. The minimum absolute atomic E-state index is 0.0608. The molecule has 0 radical (unpaired) electrons. The molecule has 4 saturated carbocycles. The summed E-state index contributed by atoms with van der Waals surface area (Å²) >= 11 is 0. The molecule has 0 heterocycles. The van der Waals surface area contributed by atoms with Crippen LogP contribution >= 0.6 is 0 Å². The highest BCUT2D eigenvalue weighted by Crippen LogP contribution is 2.66. The van der Waals surface area contributed by atoms with Crippen LogP contribution in [0.5, 0.6) is 0 Å². The van der Waals surface area contributed by atoms with Crippen LogP contribution < -0.4 is 0 Å². The number of carbonyl (C=O) groups is 1. The van der Waals surface area contributed by atoms with Gasteiger partial charge < -0.3 is 5.11 Å². The van der Waals surface area contributed by atoms with E-state index in [1.165, 1.54) is 5.57 Å². The summed E-state index contributed by atoms with van der Waals surface area (Å²) in [6.45, 7) is 6.54. The van der Waals surface area contributed by atoms with Crippen molar-refractivity contribution < 1.29 is 9.90 Å². The second-order valence-corrected chi connectivity index (χ2v) is 10.1. The van der Waals surface area contributed by atoms with Gasteiger partial charge in [-0.25, -0.2) is 0 Å². The van der Waals surface area contributed by atoms with Gasteiger partial charge in [0.1, 0.15) is 5.78 Å². The molecule has 0 saturated heterocycles. The van der Waals surface area contributed by atoms with Gasteiger partial charge >= 0.3 is 0 Å². The van der Waals surface area contributed by atoms with E-state index in [4.69, 9.17) is 5.26 Å². The zero-order valence-corrected chi connectivity index (χ0v) is 15.8. The Labute approximate surface area is 151 Å². The Balaban J connectivity index is 1.69. The van der Waals surface area contributed by atoms with Gasteiger partial charge in [-0.05, 0) is 80.5 Å². The maximum absolute atomic E-state index is 13.4. The van der Waals surface area contributed by atoms with E-state index < -0.39 is 5.60 Å². The maximum atomic E-state index is 13.4. The van der Waals surface area contributed by atoms with Gasteiger partial charge in [-0.3, -0.25) is 4.79 Å². The van der Waals surface area contributed by atoms with Crippen LogP contribution in [-0.2, 0) is 4.79 Å². The number of Topliss-reactive ketones (excluding diaryl/α,β-unsaturated/α-hetero) is 1. The Kier molecular flexibility index (Phi) is 3.75. The van der Waals surface area contributed by atoms with E-state index in [9.17, 15) is 9.90 Å². The predicted octanol–water partition coefficient (Wildman–Crippen LogP) is 4.41. The lowest BCUT2D eigenvalue weighted by molar-refractivity contribution is -0.163. The van der Waals surface area contributed by atoms with Crippen molar-refractivity contribution in [3.8, 4) is 6.07 Å². The molecule has 0 spiro atoms. The number of fused-ring (bicyclic) bond motifs is 5. The molecular formula is C22H31NO2. The number of aliphatic hydroxyl groups is 1. The number of nitriles is 1. The van der Waals surface area contributed by atoms with Crippen molar-refractivity contribution in [1.29, 1.82) is 5.26 Å². The topological polar surface area (TPSA) is 61.1 Å². The molecule has 0 aromatic heterocycles. The van der Waals surface area contributed by atoms with Gasteiger partial charge in [0.2, 0.25) is 0 Å². The number of hydrogen-bond acceptors (Lipinski definition) is 3. The van der Waals surface area contributed by atoms with Crippen molar-refractivity contribution in [2.75, 3.05) is 0 Å².